The summed E-state index contributed by atoms with van der Waals surface area (Å²) in [5.74, 6) is -5.06. The van der Waals surface area contributed by atoms with E-state index in [4.69, 9.17) is 10.2 Å². The summed E-state index contributed by atoms with van der Waals surface area (Å²) in [5.41, 5.74) is 0.296. The largest absolute Gasteiger partial charge is 0.480 e. The molecule has 0 spiro atoms. The summed E-state index contributed by atoms with van der Waals surface area (Å²) >= 11 is 0. The Morgan fingerprint density at radius 2 is 1.29 bits per heavy atom. The van der Waals surface area contributed by atoms with Gasteiger partial charge in [-0.15, -0.1) is 0 Å². The number of imide groups is 1. The first-order valence-electron chi connectivity index (χ1n) is 8.10. The van der Waals surface area contributed by atoms with Gasteiger partial charge in [-0.2, -0.15) is 0 Å². The molecule has 0 bridgehead atoms. The van der Waals surface area contributed by atoms with Gasteiger partial charge in [0, 0.05) is 33.0 Å². The fourth-order valence-corrected chi connectivity index (χ4v) is 3.67. The molecular formula is C18H12N2O8. The molecule has 28 heavy (non-hydrogen) atoms. The van der Waals surface area contributed by atoms with Gasteiger partial charge in [0.05, 0.1) is 0 Å². The summed E-state index contributed by atoms with van der Waals surface area (Å²) in [4.78, 5) is 61.4. The second kappa shape index (κ2) is 5.86. The van der Waals surface area contributed by atoms with E-state index in [9.17, 15) is 29.1 Å². The Hall–Kier alpha value is -3.79. The van der Waals surface area contributed by atoms with Gasteiger partial charge in [0.2, 0.25) is 0 Å². The van der Waals surface area contributed by atoms with Gasteiger partial charge in [-0.05, 0) is 18.2 Å². The molecule has 2 aromatic carbocycles. The Morgan fingerprint density at radius 3 is 1.82 bits per heavy atom. The molecule has 10 heteroatoms. The van der Waals surface area contributed by atoms with Crippen LogP contribution in [0.3, 0.4) is 0 Å². The normalized spacial score (nSPS) is 18.0. The van der Waals surface area contributed by atoms with E-state index in [1.807, 2.05) is 0 Å². The number of carbonyl (C=O) groups is 5. The van der Waals surface area contributed by atoms with Crippen LogP contribution in [0.5, 0.6) is 0 Å². The van der Waals surface area contributed by atoms with Crippen LogP contribution < -0.4 is 0 Å². The maximum atomic E-state index is 12.7. The van der Waals surface area contributed by atoms with Crippen LogP contribution in [0.2, 0.25) is 0 Å². The van der Waals surface area contributed by atoms with Crippen LogP contribution in [-0.2, 0) is 9.59 Å². The molecule has 2 aliphatic rings. The van der Waals surface area contributed by atoms with Gasteiger partial charge in [-0.3, -0.25) is 33.8 Å². The number of aliphatic carboxylic acids is 2. The maximum absolute atomic E-state index is 12.7. The van der Waals surface area contributed by atoms with E-state index < -0.39 is 49.0 Å². The zero-order chi connectivity index (χ0) is 20.3. The van der Waals surface area contributed by atoms with E-state index in [1.54, 1.807) is 0 Å². The SMILES string of the molecule is O=C(O)CN1C(=O)c2ccc3c4c(ccc(c24)C1=O)C(O)N(CC(=O)O)C3=O. The number of benzene rings is 2. The summed E-state index contributed by atoms with van der Waals surface area (Å²) in [5, 5.41) is 28.8. The number of aliphatic hydroxyl groups is 1. The van der Waals surface area contributed by atoms with Gasteiger partial charge < -0.3 is 15.3 Å². The van der Waals surface area contributed by atoms with Crippen molar-refractivity contribution in [1.82, 2.24) is 9.80 Å². The van der Waals surface area contributed by atoms with Crippen LogP contribution >= 0.6 is 0 Å². The highest BCUT2D eigenvalue weighted by Crippen LogP contribution is 2.40. The third-order valence-corrected chi connectivity index (χ3v) is 4.81. The van der Waals surface area contributed by atoms with Crippen molar-refractivity contribution in [3.8, 4) is 0 Å². The van der Waals surface area contributed by atoms with E-state index in [1.165, 1.54) is 24.3 Å². The molecule has 1 unspecified atom stereocenters. The molecule has 2 aliphatic heterocycles. The average Bonchev–Trinajstić information content (AvgIpc) is 2.64. The first-order valence-corrected chi connectivity index (χ1v) is 8.10. The molecule has 10 nitrogen and oxygen atoms in total. The minimum atomic E-state index is -1.57. The van der Waals surface area contributed by atoms with E-state index in [-0.39, 0.29) is 33.0 Å². The van der Waals surface area contributed by atoms with Gasteiger partial charge in [-0.25, -0.2) is 0 Å². The lowest BCUT2D eigenvalue weighted by Gasteiger charge is -2.35. The Bertz CT molecular complexity index is 1100. The van der Waals surface area contributed by atoms with Crippen LogP contribution in [0.1, 0.15) is 42.9 Å². The zero-order valence-corrected chi connectivity index (χ0v) is 14.1. The molecule has 3 N–H and O–H groups in total. The van der Waals surface area contributed by atoms with Crippen molar-refractivity contribution in [2.45, 2.75) is 6.23 Å². The molecule has 0 aliphatic carbocycles. The summed E-state index contributed by atoms with van der Waals surface area (Å²) in [7, 11) is 0. The quantitative estimate of drug-likeness (QED) is 0.625. The number of nitrogens with zero attached hydrogens (tertiary/aromatic N) is 2. The predicted molar refractivity (Wildman–Crippen MR) is 90.6 cm³/mol. The maximum Gasteiger partial charge on any atom is 0.323 e. The molecule has 4 rings (SSSR count). The van der Waals surface area contributed by atoms with Crippen molar-refractivity contribution in [2.24, 2.45) is 0 Å². The number of hydrogen-bond acceptors (Lipinski definition) is 6. The van der Waals surface area contributed by atoms with Gasteiger partial charge in [0.1, 0.15) is 13.1 Å². The molecule has 142 valence electrons. The number of carboxylic acids is 2. The van der Waals surface area contributed by atoms with E-state index in [0.717, 1.165) is 4.90 Å². The number of amides is 3. The predicted octanol–water partition coefficient (Wildman–Crippen LogP) is 0.0517. The minimum Gasteiger partial charge on any atom is -0.480 e. The molecular weight excluding hydrogens is 372 g/mol. The monoisotopic (exact) mass is 384 g/mol. The van der Waals surface area contributed by atoms with Gasteiger partial charge in [0.15, 0.2) is 6.23 Å². The fraction of sp³-hybridized carbons (Fsp3) is 0.167. The Balaban J connectivity index is 1.97. The first kappa shape index (κ1) is 17.6. The number of carboxylic acid groups (broad SMARTS) is 2. The van der Waals surface area contributed by atoms with Crippen molar-refractivity contribution in [1.29, 1.82) is 0 Å². The zero-order valence-electron chi connectivity index (χ0n) is 14.1. The van der Waals surface area contributed by atoms with Gasteiger partial charge in [-0.1, -0.05) is 6.07 Å². The Morgan fingerprint density at radius 1 is 0.786 bits per heavy atom. The molecule has 0 aromatic heterocycles. The lowest BCUT2D eigenvalue weighted by atomic mass is 9.85. The summed E-state index contributed by atoms with van der Waals surface area (Å²) < 4.78 is 0. The highest BCUT2D eigenvalue weighted by molar-refractivity contribution is 6.29. The van der Waals surface area contributed by atoms with Crippen LogP contribution in [0, 0.1) is 0 Å². The van der Waals surface area contributed by atoms with Crippen LogP contribution in [0.15, 0.2) is 24.3 Å². The number of hydrogen-bond donors (Lipinski definition) is 3. The summed E-state index contributed by atoms with van der Waals surface area (Å²) in [6.45, 7) is -1.54. The van der Waals surface area contributed by atoms with Crippen molar-refractivity contribution >= 4 is 40.4 Å². The average molecular weight is 384 g/mol. The molecule has 0 saturated carbocycles. The van der Waals surface area contributed by atoms with E-state index in [0.29, 0.717) is 4.90 Å². The molecule has 1 atom stereocenters. The minimum absolute atomic E-state index is 0.0307. The highest BCUT2D eigenvalue weighted by Gasteiger charge is 2.40. The highest BCUT2D eigenvalue weighted by atomic mass is 16.4. The number of carbonyl (C=O) groups excluding carboxylic acids is 3. The first-order chi connectivity index (χ1) is 13.2. The molecule has 3 amide bonds. The van der Waals surface area contributed by atoms with Crippen LogP contribution in [0.25, 0.3) is 10.8 Å². The van der Waals surface area contributed by atoms with E-state index >= 15 is 0 Å². The molecule has 0 radical (unpaired) electrons. The molecule has 0 saturated heterocycles. The third kappa shape index (κ3) is 2.28. The second-order valence-electron chi connectivity index (χ2n) is 6.40. The smallest absolute Gasteiger partial charge is 0.323 e. The van der Waals surface area contributed by atoms with Crippen molar-refractivity contribution in [2.75, 3.05) is 13.1 Å². The third-order valence-electron chi connectivity index (χ3n) is 4.81. The molecule has 0 fully saturated rings. The van der Waals surface area contributed by atoms with Gasteiger partial charge in [0.25, 0.3) is 17.7 Å². The topological polar surface area (TPSA) is 153 Å². The number of aliphatic hydroxyl groups excluding tert-OH is 1. The van der Waals surface area contributed by atoms with Crippen molar-refractivity contribution in [3.63, 3.8) is 0 Å². The number of rotatable bonds is 4. The Kier molecular flexibility index (Phi) is 3.69. The van der Waals surface area contributed by atoms with Crippen LogP contribution in [0.4, 0.5) is 0 Å². The molecule has 2 heterocycles. The summed E-state index contributed by atoms with van der Waals surface area (Å²) in [6, 6.07) is 5.29. The lowest BCUT2D eigenvalue weighted by molar-refractivity contribution is -0.140. The Labute approximate surface area is 156 Å². The van der Waals surface area contributed by atoms with Gasteiger partial charge >= 0.3 is 11.9 Å². The second-order valence-corrected chi connectivity index (χ2v) is 6.40. The molecule has 2 aromatic rings. The van der Waals surface area contributed by atoms with Crippen molar-refractivity contribution in [3.05, 3.63) is 46.5 Å². The van der Waals surface area contributed by atoms with Crippen molar-refractivity contribution < 1.29 is 39.3 Å². The van der Waals surface area contributed by atoms with Crippen LogP contribution in [-0.4, -0.2) is 67.9 Å². The lowest BCUT2D eigenvalue weighted by Crippen LogP contribution is -2.45. The fourth-order valence-electron chi connectivity index (χ4n) is 3.67. The summed E-state index contributed by atoms with van der Waals surface area (Å²) in [6.07, 6.45) is -1.57. The van der Waals surface area contributed by atoms with E-state index in [2.05, 4.69) is 0 Å². The standard InChI is InChI=1S/C18H12N2O8/c21-11(22)5-19-15(25)7-1-2-8-14-10(4-3-9(13(7)14)17(19)27)18(28)20(16(8)26)6-12(23)24/h1-4,15,25H,5-6H2,(H,21,22)(H,23,24).